The number of rotatable bonds is 6. The standard InChI is InChI=1S/C48H35N/c1-2-13-34(14-3-1)35-27-29-40(30-28-35)49(41-20-10-18-37(31-41)44-26-12-17-36-15-4-6-22-43(36)44)42-21-11-19-38(32-42)48-33-39-16-5-7-23-45(39)46-24-8-9-25-47(46)48/h1-13,15-34H,14H2. The summed E-state index contributed by atoms with van der Waals surface area (Å²) in [5.74, 6) is 0.409. The van der Waals surface area contributed by atoms with E-state index in [0.29, 0.717) is 5.92 Å². The van der Waals surface area contributed by atoms with Gasteiger partial charge in [-0.25, -0.2) is 0 Å². The van der Waals surface area contributed by atoms with E-state index in [1.165, 1.54) is 60.1 Å². The van der Waals surface area contributed by atoms with Gasteiger partial charge in [0.1, 0.15) is 0 Å². The van der Waals surface area contributed by atoms with Crippen LogP contribution in [0.1, 0.15) is 17.9 Å². The van der Waals surface area contributed by atoms with Crippen LogP contribution in [0, 0.1) is 0 Å². The van der Waals surface area contributed by atoms with Crippen molar-refractivity contribution in [2.45, 2.75) is 12.3 Å². The van der Waals surface area contributed by atoms with Crippen molar-refractivity contribution in [3.63, 3.8) is 0 Å². The topological polar surface area (TPSA) is 3.24 Å². The van der Waals surface area contributed by atoms with E-state index in [9.17, 15) is 0 Å². The number of hydrogen-bond acceptors (Lipinski definition) is 1. The first kappa shape index (κ1) is 29.0. The van der Waals surface area contributed by atoms with Gasteiger partial charge in [0.05, 0.1) is 0 Å². The third-order valence-corrected chi connectivity index (χ3v) is 9.95. The monoisotopic (exact) mass is 625 g/mol. The maximum atomic E-state index is 2.40. The molecular weight excluding hydrogens is 591 g/mol. The Labute approximate surface area is 287 Å². The molecule has 0 fully saturated rings. The summed E-state index contributed by atoms with van der Waals surface area (Å²) in [4.78, 5) is 2.40. The average molecular weight is 626 g/mol. The molecule has 1 aliphatic carbocycles. The minimum atomic E-state index is 0.409. The molecule has 1 nitrogen and oxygen atoms in total. The third kappa shape index (κ3) is 5.40. The molecule has 1 unspecified atom stereocenters. The van der Waals surface area contributed by atoms with Gasteiger partial charge >= 0.3 is 0 Å². The SMILES string of the molecule is C1=CCC(c2ccc(N(c3cccc(-c4cccc5ccccc45)c3)c3cccc(-c4cc5ccccc5c5ccccc45)c3)cc2)C=C1. The van der Waals surface area contributed by atoms with Crippen LogP contribution in [-0.2, 0) is 0 Å². The van der Waals surface area contributed by atoms with Crippen LogP contribution in [-0.4, -0.2) is 0 Å². The van der Waals surface area contributed by atoms with E-state index < -0.39 is 0 Å². The van der Waals surface area contributed by atoms with Crippen molar-refractivity contribution in [1.82, 2.24) is 0 Å². The predicted octanol–water partition coefficient (Wildman–Crippen LogP) is 13.5. The molecule has 9 rings (SSSR count). The third-order valence-electron chi connectivity index (χ3n) is 9.95. The maximum absolute atomic E-state index is 2.40. The quantitative estimate of drug-likeness (QED) is 0.166. The van der Waals surface area contributed by atoms with Crippen molar-refractivity contribution < 1.29 is 0 Å². The minimum absolute atomic E-state index is 0.409. The number of benzene rings is 8. The first-order chi connectivity index (χ1) is 24.3. The highest BCUT2D eigenvalue weighted by Crippen LogP contribution is 2.41. The van der Waals surface area contributed by atoms with Crippen LogP contribution < -0.4 is 4.90 Å². The number of anilines is 3. The van der Waals surface area contributed by atoms with E-state index in [0.717, 1.165) is 23.5 Å². The van der Waals surface area contributed by atoms with E-state index in [2.05, 4.69) is 199 Å². The summed E-state index contributed by atoms with van der Waals surface area (Å²) in [6.07, 6.45) is 9.90. The van der Waals surface area contributed by atoms with Crippen molar-refractivity contribution in [1.29, 1.82) is 0 Å². The Balaban J connectivity index is 1.20. The van der Waals surface area contributed by atoms with E-state index in [-0.39, 0.29) is 0 Å². The van der Waals surface area contributed by atoms with Gasteiger partial charge in [0, 0.05) is 23.0 Å². The molecule has 0 bridgehead atoms. The van der Waals surface area contributed by atoms with Gasteiger partial charge in [0.15, 0.2) is 0 Å². The predicted molar refractivity (Wildman–Crippen MR) is 210 cm³/mol. The van der Waals surface area contributed by atoms with Gasteiger partial charge in [0.2, 0.25) is 0 Å². The first-order valence-electron chi connectivity index (χ1n) is 17.1. The molecule has 0 N–H and O–H groups in total. The first-order valence-corrected chi connectivity index (χ1v) is 17.1. The van der Waals surface area contributed by atoms with Crippen LogP contribution >= 0.6 is 0 Å². The highest BCUT2D eigenvalue weighted by atomic mass is 15.1. The Morgan fingerprint density at radius 2 is 1.02 bits per heavy atom. The summed E-state index contributed by atoms with van der Waals surface area (Å²) in [5, 5.41) is 7.60. The molecule has 0 radical (unpaired) electrons. The number of fused-ring (bicyclic) bond motifs is 4. The summed E-state index contributed by atoms with van der Waals surface area (Å²) >= 11 is 0. The fourth-order valence-electron chi connectivity index (χ4n) is 7.54. The molecule has 1 atom stereocenters. The normalized spacial score (nSPS) is 14.1. The average Bonchev–Trinajstić information content (AvgIpc) is 3.18. The highest BCUT2D eigenvalue weighted by Gasteiger charge is 2.17. The van der Waals surface area contributed by atoms with Gasteiger partial charge in [-0.05, 0) is 109 Å². The summed E-state index contributed by atoms with van der Waals surface area (Å²) in [5.41, 5.74) is 9.60. The second-order valence-electron chi connectivity index (χ2n) is 12.9. The van der Waals surface area contributed by atoms with Gasteiger partial charge in [-0.1, -0.05) is 152 Å². The lowest BCUT2D eigenvalue weighted by Crippen LogP contribution is -2.10. The van der Waals surface area contributed by atoms with Crippen molar-refractivity contribution >= 4 is 49.4 Å². The Morgan fingerprint density at radius 1 is 0.408 bits per heavy atom. The lowest BCUT2D eigenvalue weighted by Gasteiger charge is -2.27. The lowest BCUT2D eigenvalue weighted by atomic mass is 9.92. The van der Waals surface area contributed by atoms with Crippen LogP contribution in [0.5, 0.6) is 0 Å². The molecule has 0 spiro atoms. The molecule has 0 amide bonds. The van der Waals surface area contributed by atoms with Crippen molar-refractivity contribution in [3.05, 3.63) is 200 Å². The zero-order valence-corrected chi connectivity index (χ0v) is 27.2. The van der Waals surface area contributed by atoms with Crippen LogP contribution in [0.2, 0.25) is 0 Å². The maximum Gasteiger partial charge on any atom is 0.0467 e. The second-order valence-corrected chi connectivity index (χ2v) is 12.9. The summed E-state index contributed by atoms with van der Waals surface area (Å²) in [7, 11) is 0. The fourth-order valence-corrected chi connectivity index (χ4v) is 7.54. The molecule has 8 aromatic rings. The highest BCUT2D eigenvalue weighted by molar-refractivity contribution is 6.14. The molecular formula is C48H35N. The Hall–Kier alpha value is -6.18. The van der Waals surface area contributed by atoms with Crippen LogP contribution in [0.25, 0.3) is 54.6 Å². The molecule has 1 aliphatic rings. The van der Waals surface area contributed by atoms with E-state index >= 15 is 0 Å². The van der Waals surface area contributed by atoms with E-state index in [1.807, 2.05) is 0 Å². The lowest BCUT2D eigenvalue weighted by molar-refractivity contribution is 0.854. The van der Waals surface area contributed by atoms with Gasteiger partial charge in [-0.2, -0.15) is 0 Å². The van der Waals surface area contributed by atoms with Gasteiger partial charge in [-0.15, -0.1) is 0 Å². The smallest absolute Gasteiger partial charge is 0.0467 e. The summed E-state index contributed by atoms with van der Waals surface area (Å²) < 4.78 is 0. The molecule has 0 saturated heterocycles. The Morgan fingerprint density at radius 3 is 1.76 bits per heavy atom. The van der Waals surface area contributed by atoms with E-state index in [4.69, 9.17) is 0 Å². The van der Waals surface area contributed by atoms with Crippen LogP contribution in [0.15, 0.2) is 194 Å². The fraction of sp³-hybridized carbons (Fsp3) is 0.0417. The van der Waals surface area contributed by atoms with Gasteiger partial charge in [-0.3, -0.25) is 0 Å². The largest absolute Gasteiger partial charge is 0.310 e. The van der Waals surface area contributed by atoms with Crippen LogP contribution in [0.4, 0.5) is 17.1 Å². The molecule has 49 heavy (non-hydrogen) atoms. The minimum Gasteiger partial charge on any atom is -0.310 e. The molecule has 232 valence electrons. The number of allylic oxidation sites excluding steroid dienone is 4. The van der Waals surface area contributed by atoms with Gasteiger partial charge in [0.25, 0.3) is 0 Å². The van der Waals surface area contributed by atoms with Crippen molar-refractivity contribution in [2.75, 3.05) is 4.90 Å². The Bertz CT molecular complexity index is 2530. The molecule has 0 aliphatic heterocycles. The van der Waals surface area contributed by atoms with E-state index in [1.54, 1.807) is 0 Å². The Kier molecular flexibility index (Phi) is 7.37. The van der Waals surface area contributed by atoms with Crippen LogP contribution in [0.3, 0.4) is 0 Å². The van der Waals surface area contributed by atoms with Crippen molar-refractivity contribution in [2.24, 2.45) is 0 Å². The molecule has 8 aromatic carbocycles. The summed E-state index contributed by atoms with van der Waals surface area (Å²) in [6.45, 7) is 0. The van der Waals surface area contributed by atoms with Gasteiger partial charge < -0.3 is 4.90 Å². The summed E-state index contributed by atoms with van der Waals surface area (Å²) in [6, 6.07) is 62.3. The number of hydrogen-bond donors (Lipinski definition) is 0. The zero-order valence-electron chi connectivity index (χ0n) is 27.2. The zero-order chi connectivity index (χ0) is 32.6. The van der Waals surface area contributed by atoms with Crippen molar-refractivity contribution in [3.8, 4) is 22.3 Å². The second kappa shape index (κ2) is 12.4. The molecule has 1 heteroatoms. The molecule has 0 saturated carbocycles. The number of nitrogens with zero attached hydrogens (tertiary/aromatic N) is 1. The molecule has 0 heterocycles. The molecule has 0 aromatic heterocycles.